The molecule has 0 radical (unpaired) electrons. The van der Waals surface area contributed by atoms with Gasteiger partial charge >= 0.3 is 0 Å². The van der Waals surface area contributed by atoms with Crippen LogP contribution in [0, 0.1) is 12.8 Å². The number of aliphatic hydroxyl groups is 1. The Bertz CT molecular complexity index is 1340. The van der Waals surface area contributed by atoms with Gasteiger partial charge in [0.25, 0.3) is 11.8 Å². The normalized spacial score (nSPS) is 22.4. The van der Waals surface area contributed by atoms with Crippen molar-refractivity contribution in [2.75, 3.05) is 6.61 Å². The van der Waals surface area contributed by atoms with Crippen LogP contribution in [-0.4, -0.2) is 56.2 Å². The Morgan fingerprint density at radius 2 is 1.81 bits per heavy atom. The molecule has 194 valence electrons. The third-order valence-electron chi connectivity index (χ3n) is 7.81. The summed E-state index contributed by atoms with van der Waals surface area (Å²) in [5.41, 5.74) is 3.32. The summed E-state index contributed by atoms with van der Waals surface area (Å²) in [6, 6.07) is 6.14. The second-order valence-electron chi connectivity index (χ2n) is 10.9. The number of hydrogen-bond donors (Lipinski definition) is 4. The van der Waals surface area contributed by atoms with Crippen molar-refractivity contribution in [1.29, 1.82) is 0 Å². The Morgan fingerprint density at radius 3 is 2.51 bits per heavy atom. The van der Waals surface area contributed by atoms with Crippen LogP contribution >= 0.6 is 0 Å². The third kappa shape index (κ3) is 5.05. The molecule has 4 N–H and O–H groups in total. The topological polar surface area (TPSA) is 129 Å². The van der Waals surface area contributed by atoms with Gasteiger partial charge in [-0.2, -0.15) is 0 Å². The summed E-state index contributed by atoms with van der Waals surface area (Å²) in [4.78, 5) is 37.6. The zero-order valence-corrected chi connectivity index (χ0v) is 21.0. The summed E-state index contributed by atoms with van der Waals surface area (Å²) in [5, 5.41) is 16.1. The molecule has 3 aliphatic carbocycles. The zero-order valence-electron chi connectivity index (χ0n) is 21.0. The van der Waals surface area contributed by atoms with Gasteiger partial charge in [-0.1, -0.05) is 11.6 Å². The van der Waals surface area contributed by atoms with E-state index in [0.29, 0.717) is 47.7 Å². The average molecular weight is 504 g/mol. The van der Waals surface area contributed by atoms with Crippen LogP contribution in [0.25, 0.3) is 22.3 Å². The maximum Gasteiger partial charge on any atom is 0.255 e. The number of aromatic nitrogens is 3. The van der Waals surface area contributed by atoms with Gasteiger partial charge in [0.1, 0.15) is 28.9 Å². The minimum Gasteiger partial charge on any atom is -0.493 e. The number of ether oxygens (including phenoxy) is 1. The van der Waals surface area contributed by atoms with Crippen LogP contribution in [-0.2, 0) is 4.79 Å². The molecular weight excluding hydrogens is 470 g/mol. The number of aryl methyl sites for hydroxylation is 1. The monoisotopic (exact) mass is 503 g/mol. The number of carbonyl (C=O) groups excluding carboxylic acids is 2. The second kappa shape index (κ2) is 9.45. The lowest BCUT2D eigenvalue weighted by atomic mass is 9.90. The van der Waals surface area contributed by atoms with Gasteiger partial charge in [-0.05, 0) is 76.3 Å². The predicted octanol–water partition coefficient (Wildman–Crippen LogP) is 3.40. The third-order valence-corrected chi connectivity index (χ3v) is 7.81. The van der Waals surface area contributed by atoms with E-state index in [-0.39, 0.29) is 23.9 Å². The maximum atomic E-state index is 13.2. The van der Waals surface area contributed by atoms with Crippen molar-refractivity contribution in [3.63, 3.8) is 0 Å². The summed E-state index contributed by atoms with van der Waals surface area (Å²) in [7, 11) is 0. The number of rotatable bonds is 8. The number of carbonyl (C=O) groups is 2. The van der Waals surface area contributed by atoms with Crippen LogP contribution in [0.2, 0.25) is 0 Å². The van der Waals surface area contributed by atoms with Gasteiger partial charge < -0.3 is 25.5 Å². The zero-order chi connectivity index (χ0) is 25.6. The first-order chi connectivity index (χ1) is 17.9. The van der Waals surface area contributed by atoms with E-state index >= 15 is 0 Å². The van der Waals surface area contributed by atoms with E-state index in [1.54, 1.807) is 6.20 Å². The first-order valence-corrected chi connectivity index (χ1v) is 13.3. The Kier molecular flexibility index (Phi) is 6.10. The van der Waals surface area contributed by atoms with Crippen molar-refractivity contribution >= 4 is 22.8 Å². The number of nitrogens with zero attached hydrogens (tertiary/aromatic N) is 2. The molecule has 2 heterocycles. The highest BCUT2D eigenvalue weighted by Gasteiger charge is 2.48. The van der Waals surface area contributed by atoms with E-state index in [4.69, 9.17) is 4.74 Å². The second-order valence-corrected chi connectivity index (χ2v) is 10.9. The van der Waals surface area contributed by atoms with Crippen LogP contribution in [0.5, 0.6) is 5.75 Å². The van der Waals surface area contributed by atoms with Crippen LogP contribution in [0.15, 0.2) is 30.7 Å². The minimum absolute atomic E-state index is 0.0233. The smallest absolute Gasteiger partial charge is 0.255 e. The summed E-state index contributed by atoms with van der Waals surface area (Å²) in [5.74, 6) is 0.987. The van der Waals surface area contributed by atoms with Crippen molar-refractivity contribution in [3.05, 3.63) is 41.9 Å². The number of amides is 2. The van der Waals surface area contributed by atoms with Gasteiger partial charge in [0.2, 0.25) is 0 Å². The quantitative estimate of drug-likeness (QED) is 0.373. The Balaban J connectivity index is 1.15. The summed E-state index contributed by atoms with van der Waals surface area (Å²) in [6.07, 6.45) is 9.77. The molecule has 0 aliphatic heterocycles. The molecule has 3 saturated carbocycles. The van der Waals surface area contributed by atoms with E-state index in [0.717, 1.165) is 42.6 Å². The maximum absolute atomic E-state index is 13.2. The van der Waals surface area contributed by atoms with E-state index in [9.17, 15) is 14.7 Å². The van der Waals surface area contributed by atoms with Crippen molar-refractivity contribution in [1.82, 2.24) is 25.6 Å². The van der Waals surface area contributed by atoms with Crippen LogP contribution in [0.3, 0.4) is 0 Å². The average Bonchev–Trinajstić information content (AvgIpc) is 3.82. The molecule has 0 atom stereocenters. The molecule has 1 aromatic carbocycles. The highest BCUT2D eigenvalue weighted by atomic mass is 16.5. The van der Waals surface area contributed by atoms with E-state index in [1.165, 1.54) is 19.2 Å². The highest BCUT2D eigenvalue weighted by molar-refractivity contribution is 6.08. The van der Waals surface area contributed by atoms with Gasteiger partial charge in [0.05, 0.1) is 17.7 Å². The SMILES string of the molecule is Cc1ccc(OCC2CC2)c(-c2ncnc3c(C(=O)NC4CCC(NC(=O)C5(O)CC5)CC4)c[nH]c23)c1. The van der Waals surface area contributed by atoms with Gasteiger partial charge in [0.15, 0.2) is 0 Å². The number of benzene rings is 1. The van der Waals surface area contributed by atoms with Gasteiger partial charge in [0, 0.05) is 23.8 Å². The number of hydrogen-bond acceptors (Lipinski definition) is 6. The minimum atomic E-state index is -1.15. The molecule has 3 aliphatic rings. The molecule has 3 fully saturated rings. The van der Waals surface area contributed by atoms with Gasteiger partial charge in [-0.3, -0.25) is 9.59 Å². The Hall–Kier alpha value is -3.46. The lowest BCUT2D eigenvalue weighted by Crippen LogP contribution is -2.47. The number of fused-ring (bicyclic) bond motifs is 1. The van der Waals surface area contributed by atoms with Gasteiger partial charge in [-0.25, -0.2) is 9.97 Å². The molecule has 37 heavy (non-hydrogen) atoms. The fourth-order valence-corrected chi connectivity index (χ4v) is 5.07. The van der Waals surface area contributed by atoms with Crippen molar-refractivity contribution in [3.8, 4) is 17.0 Å². The molecule has 9 nitrogen and oxygen atoms in total. The van der Waals surface area contributed by atoms with Crippen molar-refractivity contribution < 1.29 is 19.4 Å². The molecule has 3 aromatic rings. The molecule has 0 unspecified atom stereocenters. The molecule has 2 amide bonds. The molecule has 0 saturated heterocycles. The molecule has 2 aromatic heterocycles. The van der Waals surface area contributed by atoms with E-state index < -0.39 is 5.60 Å². The number of H-pyrrole nitrogens is 1. The first-order valence-electron chi connectivity index (χ1n) is 13.3. The van der Waals surface area contributed by atoms with Gasteiger partial charge in [-0.15, -0.1) is 0 Å². The first kappa shape index (κ1) is 23.9. The lowest BCUT2D eigenvalue weighted by Gasteiger charge is -2.30. The fraction of sp³-hybridized carbons (Fsp3) is 0.500. The van der Waals surface area contributed by atoms with Crippen molar-refractivity contribution in [2.24, 2.45) is 5.92 Å². The Morgan fingerprint density at radius 1 is 1.08 bits per heavy atom. The Labute approximate surface area is 215 Å². The summed E-state index contributed by atoms with van der Waals surface area (Å²) >= 11 is 0. The standard InChI is InChI=1S/C28H33N5O4/c1-16-2-9-22(37-14-17-3-4-17)20(12-16)23-25-24(31-15-30-23)21(13-29-25)26(34)32-18-5-7-19(8-6-18)33-27(35)28(36)10-11-28/h2,9,12-13,15,17-19,29,36H,3-8,10-11,14H2,1H3,(H,32,34)(H,33,35). The molecule has 0 spiro atoms. The largest absolute Gasteiger partial charge is 0.493 e. The fourth-order valence-electron chi connectivity index (χ4n) is 5.07. The summed E-state index contributed by atoms with van der Waals surface area (Å²) < 4.78 is 6.14. The van der Waals surface area contributed by atoms with Crippen LogP contribution in [0.1, 0.15) is 67.3 Å². The molecular formula is C28H33N5O4. The highest BCUT2D eigenvalue weighted by Crippen LogP contribution is 2.37. The predicted molar refractivity (Wildman–Crippen MR) is 138 cm³/mol. The van der Waals surface area contributed by atoms with Crippen molar-refractivity contribution in [2.45, 2.75) is 76.0 Å². The number of nitrogens with one attached hydrogen (secondary N) is 3. The number of aromatic amines is 1. The van der Waals surface area contributed by atoms with E-state index in [2.05, 4.69) is 31.7 Å². The lowest BCUT2D eigenvalue weighted by molar-refractivity contribution is -0.132. The van der Waals surface area contributed by atoms with E-state index in [1.807, 2.05) is 19.1 Å². The molecule has 6 rings (SSSR count). The molecule has 0 bridgehead atoms. The summed E-state index contributed by atoms with van der Waals surface area (Å²) in [6.45, 7) is 2.74. The van der Waals surface area contributed by atoms with Crippen LogP contribution in [0.4, 0.5) is 0 Å². The van der Waals surface area contributed by atoms with Crippen LogP contribution < -0.4 is 15.4 Å². The molecule has 9 heteroatoms.